The van der Waals surface area contributed by atoms with Crippen LogP contribution in [0.15, 0.2) is 17.5 Å². The molecule has 2 heteroatoms. The standard InChI is InChI=1S/C10H15NS/c1-2-6-11-9(4-1)8-10-5-3-7-12-10/h3,5,7,9,11H,1-2,4,6,8H2. The van der Waals surface area contributed by atoms with E-state index in [0.29, 0.717) is 0 Å². The Morgan fingerprint density at radius 2 is 2.50 bits per heavy atom. The second kappa shape index (κ2) is 4.06. The number of hydrogen-bond acceptors (Lipinski definition) is 2. The molecular weight excluding hydrogens is 166 g/mol. The minimum atomic E-state index is 0.748. The molecule has 1 atom stereocenters. The van der Waals surface area contributed by atoms with Crippen molar-refractivity contribution in [3.63, 3.8) is 0 Å². The Morgan fingerprint density at radius 1 is 1.50 bits per heavy atom. The molecule has 1 aromatic heterocycles. The third-order valence-electron chi connectivity index (χ3n) is 2.44. The van der Waals surface area contributed by atoms with Crippen LogP contribution in [0.25, 0.3) is 0 Å². The molecule has 1 N–H and O–H groups in total. The van der Waals surface area contributed by atoms with Crippen LogP contribution in [-0.2, 0) is 6.42 Å². The quantitative estimate of drug-likeness (QED) is 0.739. The molecule has 1 saturated heterocycles. The van der Waals surface area contributed by atoms with Crippen molar-refractivity contribution < 1.29 is 0 Å². The fraction of sp³-hybridized carbons (Fsp3) is 0.600. The summed E-state index contributed by atoms with van der Waals surface area (Å²) in [6.07, 6.45) is 5.36. The molecule has 2 rings (SSSR count). The van der Waals surface area contributed by atoms with E-state index in [9.17, 15) is 0 Å². The van der Waals surface area contributed by atoms with E-state index in [1.807, 2.05) is 11.3 Å². The summed E-state index contributed by atoms with van der Waals surface area (Å²) < 4.78 is 0. The summed E-state index contributed by atoms with van der Waals surface area (Å²) in [4.78, 5) is 1.52. The van der Waals surface area contributed by atoms with Crippen LogP contribution in [0.5, 0.6) is 0 Å². The van der Waals surface area contributed by atoms with Crippen molar-refractivity contribution in [3.05, 3.63) is 22.4 Å². The zero-order valence-electron chi connectivity index (χ0n) is 7.25. The Morgan fingerprint density at radius 3 is 3.17 bits per heavy atom. The second-order valence-corrected chi connectivity index (χ2v) is 4.46. The van der Waals surface area contributed by atoms with Gasteiger partial charge in [-0.1, -0.05) is 12.5 Å². The van der Waals surface area contributed by atoms with Gasteiger partial charge in [-0.3, -0.25) is 0 Å². The summed E-state index contributed by atoms with van der Waals surface area (Å²) in [5.74, 6) is 0. The minimum Gasteiger partial charge on any atom is -0.314 e. The lowest BCUT2D eigenvalue weighted by molar-refractivity contribution is 0.401. The molecule has 0 aliphatic carbocycles. The highest BCUT2D eigenvalue weighted by Gasteiger charge is 2.12. The zero-order valence-corrected chi connectivity index (χ0v) is 8.07. The molecule has 0 radical (unpaired) electrons. The average Bonchev–Trinajstić information content (AvgIpc) is 2.59. The fourth-order valence-corrected chi connectivity index (χ4v) is 2.56. The molecule has 12 heavy (non-hydrogen) atoms. The van der Waals surface area contributed by atoms with Crippen molar-refractivity contribution in [1.29, 1.82) is 0 Å². The molecule has 1 aliphatic heterocycles. The smallest absolute Gasteiger partial charge is 0.0115 e. The van der Waals surface area contributed by atoms with Gasteiger partial charge in [0, 0.05) is 10.9 Å². The molecule has 1 aliphatic rings. The maximum Gasteiger partial charge on any atom is 0.0115 e. The first kappa shape index (κ1) is 8.27. The van der Waals surface area contributed by atoms with E-state index in [1.54, 1.807) is 0 Å². The molecule has 1 unspecified atom stereocenters. The van der Waals surface area contributed by atoms with Gasteiger partial charge < -0.3 is 5.32 Å². The summed E-state index contributed by atoms with van der Waals surface area (Å²) in [5.41, 5.74) is 0. The number of piperidine rings is 1. The minimum absolute atomic E-state index is 0.748. The number of hydrogen-bond donors (Lipinski definition) is 1. The van der Waals surface area contributed by atoms with Crippen LogP contribution >= 0.6 is 11.3 Å². The second-order valence-electron chi connectivity index (χ2n) is 3.43. The first-order chi connectivity index (χ1) is 5.95. The highest BCUT2D eigenvalue weighted by molar-refractivity contribution is 7.09. The lowest BCUT2D eigenvalue weighted by Crippen LogP contribution is -2.35. The van der Waals surface area contributed by atoms with Gasteiger partial charge in [0.15, 0.2) is 0 Å². The predicted molar refractivity (Wildman–Crippen MR) is 53.7 cm³/mol. The Kier molecular flexibility index (Phi) is 2.79. The largest absolute Gasteiger partial charge is 0.314 e. The van der Waals surface area contributed by atoms with Gasteiger partial charge in [-0.15, -0.1) is 11.3 Å². The monoisotopic (exact) mass is 181 g/mol. The highest BCUT2D eigenvalue weighted by Crippen LogP contribution is 2.16. The van der Waals surface area contributed by atoms with Crippen LogP contribution in [0, 0.1) is 0 Å². The van der Waals surface area contributed by atoms with Crippen molar-refractivity contribution in [2.24, 2.45) is 0 Å². The van der Waals surface area contributed by atoms with Crippen molar-refractivity contribution in [2.75, 3.05) is 6.54 Å². The molecule has 0 aromatic carbocycles. The van der Waals surface area contributed by atoms with Crippen LogP contribution in [0.3, 0.4) is 0 Å². The molecule has 0 spiro atoms. The molecule has 1 aromatic rings. The van der Waals surface area contributed by atoms with Crippen molar-refractivity contribution in [3.8, 4) is 0 Å². The van der Waals surface area contributed by atoms with E-state index in [-0.39, 0.29) is 0 Å². The number of thiophene rings is 1. The molecule has 66 valence electrons. The van der Waals surface area contributed by atoms with E-state index in [2.05, 4.69) is 22.8 Å². The first-order valence-corrected chi connectivity index (χ1v) is 5.59. The number of rotatable bonds is 2. The van der Waals surface area contributed by atoms with Crippen LogP contribution in [0.4, 0.5) is 0 Å². The third kappa shape index (κ3) is 2.08. The normalized spacial score (nSPS) is 24.2. The van der Waals surface area contributed by atoms with E-state index < -0.39 is 0 Å². The topological polar surface area (TPSA) is 12.0 Å². The molecule has 0 bridgehead atoms. The summed E-state index contributed by atoms with van der Waals surface area (Å²) in [6, 6.07) is 5.13. The van der Waals surface area contributed by atoms with Gasteiger partial charge in [0.05, 0.1) is 0 Å². The van der Waals surface area contributed by atoms with Crippen molar-refractivity contribution >= 4 is 11.3 Å². The molecule has 1 nitrogen and oxygen atoms in total. The van der Waals surface area contributed by atoms with Gasteiger partial charge in [-0.05, 0) is 37.3 Å². The Labute approximate surface area is 77.8 Å². The predicted octanol–water partition coefficient (Wildman–Crippen LogP) is 2.43. The molecule has 0 saturated carbocycles. The van der Waals surface area contributed by atoms with E-state index >= 15 is 0 Å². The summed E-state index contributed by atoms with van der Waals surface area (Å²) in [5, 5.41) is 5.73. The van der Waals surface area contributed by atoms with Crippen LogP contribution in [0.2, 0.25) is 0 Å². The summed E-state index contributed by atoms with van der Waals surface area (Å²) >= 11 is 1.88. The maximum absolute atomic E-state index is 3.56. The van der Waals surface area contributed by atoms with Gasteiger partial charge in [-0.2, -0.15) is 0 Å². The van der Waals surface area contributed by atoms with Crippen LogP contribution in [-0.4, -0.2) is 12.6 Å². The van der Waals surface area contributed by atoms with Gasteiger partial charge in [0.2, 0.25) is 0 Å². The highest BCUT2D eigenvalue weighted by atomic mass is 32.1. The van der Waals surface area contributed by atoms with Gasteiger partial charge in [-0.25, -0.2) is 0 Å². The van der Waals surface area contributed by atoms with Crippen LogP contribution in [0.1, 0.15) is 24.1 Å². The van der Waals surface area contributed by atoms with Gasteiger partial charge in [0.25, 0.3) is 0 Å². The first-order valence-electron chi connectivity index (χ1n) is 4.71. The molecule has 0 amide bonds. The molecule has 2 heterocycles. The van der Waals surface area contributed by atoms with Crippen molar-refractivity contribution in [1.82, 2.24) is 5.32 Å². The number of nitrogens with one attached hydrogen (secondary N) is 1. The van der Waals surface area contributed by atoms with Crippen molar-refractivity contribution in [2.45, 2.75) is 31.7 Å². The Bertz CT molecular complexity index is 212. The summed E-state index contributed by atoms with van der Waals surface area (Å²) in [6.45, 7) is 1.22. The average molecular weight is 181 g/mol. The lowest BCUT2D eigenvalue weighted by atomic mass is 10.0. The maximum atomic E-state index is 3.56. The lowest BCUT2D eigenvalue weighted by Gasteiger charge is -2.22. The van der Waals surface area contributed by atoms with E-state index in [0.717, 1.165) is 6.04 Å². The fourth-order valence-electron chi connectivity index (χ4n) is 1.77. The van der Waals surface area contributed by atoms with Gasteiger partial charge >= 0.3 is 0 Å². The van der Waals surface area contributed by atoms with Crippen LogP contribution < -0.4 is 5.32 Å². The Hall–Kier alpha value is -0.340. The molecular formula is C10H15NS. The molecule has 1 fully saturated rings. The zero-order chi connectivity index (χ0) is 8.23. The summed E-state index contributed by atoms with van der Waals surface area (Å²) in [7, 11) is 0. The third-order valence-corrected chi connectivity index (χ3v) is 3.34. The van der Waals surface area contributed by atoms with E-state index in [1.165, 1.54) is 37.1 Å². The Balaban J connectivity index is 1.86. The van der Waals surface area contributed by atoms with Gasteiger partial charge in [0.1, 0.15) is 0 Å². The SMILES string of the molecule is c1csc(CC2CCCCN2)c1. The van der Waals surface area contributed by atoms with E-state index in [4.69, 9.17) is 0 Å².